The minimum Gasteiger partial charge on any atom is -0.352 e. The zero-order chi connectivity index (χ0) is 16.9. The molecule has 0 unspecified atom stereocenters. The van der Waals surface area contributed by atoms with Crippen molar-refractivity contribution in [1.29, 1.82) is 0 Å². The van der Waals surface area contributed by atoms with Crippen LogP contribution in [0.5, 0.6) is 0 Å². The van der Waals surface area contributed by atoms with Crippen molar-refractivity contribution < 1.29 is 13.2 Å². The molecule has 0 aliphatic heterocycles. The first-order chi connectivity index (χ1) is 10.2. The second kappa shape index (κ2) is 7.74. The molecule has 0 aromatic heterocycles. The summed E-state index contributed by atoms with van der Waals surface area (Å²) in [5.41, 5.74) is 1.17. The number of rotatable bonds is 7. The average Bonchev–Trinajstić information content (AvgIpc) is 2.45. The zero-order valence-corrected chi connectivity index (χ0v) is 14.8. The Morgan fingerprint density at radius 1 is 1.23 bits per heavy atom. The van der Waals surface area contributed by atoms with E-state index in [4.69, 9.17) is 0 Å². The van der Waals surface area contributed by atoms with E-state index in [9.17, 15) is 13.2 Å². The van der Waals surface area contributed by atoms with Gasteiger partial charge in [0.25, 0.3) is 5.91 Å². The molecule has 0 atom stereocenters. The van der Waals surface area contributed by atoms with Crippen molar-refractivity contribution in [2.24, 2.45) is 5.92 Å². The summed E-state index contributed by atoms with van der Waals surface area (Å²) in [6.45, 7) is 10.8. The van der Waals surface area contributed by atoms with Gasteiger partial charge in [-0.05, 0) is 30.5 Å². The summed E-state index contributed by atoms with van der Waals surface area (Å²) in [6.07, 6.45) is 0. The van der Waals surface area contributed by atoms with E-state index in [0.29, 0.717) is 31.1 Å². The van der Waals surface area contributed by atoms with Crippen molar-refractivity contribution in [1.82, 2.24) is 9.62 Å². The highest BCUT2D eigenvalue weighted by Crippen LogP contribution is 2.19. The van der Waals surface area contributed by atoms with Crippen LogP contribution in [0.2, 0.25) is 0 Å². The second-order valence-electron chi connectivity index (χ2n) is 5.67. The largest absolute Gasteiger partial charge is 0.352 e. The maximum Gasteiger partial charge on any atom is 0.251 e. The zero-order valence-electron chi connectivity index (χ0n) is 14.0. The predicted octanol–water partition coefficient (Wildman–Crippen LogP) is 2.41. The van der Waals surface area contributed by atoms with Gasteiger partial charge in [-0.3, -0.25) is 4.79 Å². The molecule has 22 heavy (non-hydrogen) atoms. The number of sulfonamides is 1. The molecule has 1 aromatic carbocycles. The van der Waals surface area contributed by atoms with Crippen molar-refractivity contribution in [2.75, 3.05) is 19.6 Å². The van der Waals surface area contributed by atoms with Crippen molar-refractivity contribution in [3.63, 3.8) is 0 Å². The summed E-state index contributed by atoms with van der Waals surface area (Å²) in [5, 5.41) is 2.83. The molecule has 0 fully saturated rings. The monoisotopic (exact) mass is 326 g/mol. The minimum atomic E-state index is -3.55. The maximum absolute atomic E-state index is 12.5. The van der Waals surface area contributed by atoms with Gasteiger partial charge in [0.15, 0.2) is 0 Å². The highest BCUT2D eigenvalue weighted by atomic mass is 32.2. The fourth-order valence-corrected chi connectivity index (χ4v) is 3.60. The van der Waals surface area contributed by atoms with Gasteiger partial charge in [0, 0.05) is 25.2 Å². The number of aryl methyl sites for hydroxylation is 1. The van der Waals surface area contributed by atoms with Crippen LogP contribution in [-0.4, -0.2) is 38.3 Å². The molecular formula is C16H26N2O3S. The lowest BCUT2D eigenvalue weighted by atomic mass is 10.1. The predicted molar refractivity (Wildman–Crippen MR) is 88.5 cm³/mol. The second-order valence-corrected chi connectivity index (χ2v) is 7.61. The van der Waals surface area contributed by atoms with Crippen LogP contribution in [0.1, 0.15) is 43.6 Å². The number of nitrogens with zero attached hydrogens (tertiary/aromatic N) is 1. The van der Waals surface area contributed by atoms with Crippen LogP contribution in [0, 0.1) is 12.8 Å². The standard InChI is InChI=1S/C16H26N2O3S/c1-6-18(7-2)22(20,21)14-9-8-13(5)15(10-14)16(19)17-11-12(3)4/h8-10,12H,6-7,11H2,1-5H3,(H,17,19). The smallest absolute Gasteiger partial charge is 0.251 e. The maximum atomic E-state index is 12.5. The highest BCUT2D eigenvalue weighted by molar-refractivity contribution is 7.89. The van der Waals surface area contributed by atoms with Crippen LogP contribution >= 0.6 is 0 Å². The van der Waals surface area contributed by atoms with E-state index in [-0.39, 0.29) is 10.8 Å². The topological polar surface area (TPSA) is 66.5 Å². The molecule has 1 amide bonds. The number of hydrogen-bond acceptors (Lipinski definition) is 3. The molecule has 0 aliphatic carbocycles. The van der Waals surface area contributed by atoms with Gasteiger partial charge in [-0.15, -0.1) is 0 Å². The van der Waals surface area contributed by atoms with E-state index < -0.39 is 10.0 Å². The summed E-state index contributed by atoms with van der Waals surface area (Å²) in [5.74, 6) is 0.106. The van der Waals surface area contributed by atoms with Crippen LogP contribution in [0.4, 0.5) is 0 Å². The number of nitrogens with one attached hydrogen (secondary N) is 1. The van der Waals surface area contributed by atoms with Crippen molar-refractivity contribution in [3.8, 4) is 0 Å². The molecule has 0 radical (unpaired) electrons. The SMILES string of the molecule is CCN(CC)S(=O)(=O)c1ccc(C)c(C(=O)NCC(C)C)c1. The molecule has 0 spiro atoms. The molecule has 6 heteroatoms. The van der Waals surface area contributed by atoms with Gasteiger partial charge in [-0.2, -0.15) is 4.31 Å². The Labute approximate surface area is 133 Å². The Morgan fingerprint density at radius 2 is 1.82 bits per heavy atom. The molecular weight excluding hydrogens is 300 g/mol. The van der Waals surface area contributed by atoms with E-state index in [1.807, 2.05) is 13.8 Å². The first kappa shape index (κ1) is 18.6. The third kappa shape index (κ3) is 4.30. The van der Waals surface area contributed by atoms with Crippen LogP contribution < -0.4 is 5.32 Å². The van der Waals surface area contributed by atoms with Crippen LogP contribution in [0.3, 0.4) is 0 Å². The van der Waals surface area contributed by atoms with Gasteiger partial charge in [-0.1, -0.05) is 33.8 Å². The van der Waals surface area contributed by atoms with Gasteiger partial charge in [-0.25, -0.2) is 8.42 Å². The lowest BCUT2D eigenvalue weighted by Gasteiger charge is -2.19. The summed E-state index contributed by atoms with van der Waals surface area (Å²) >= 11 is 0. The molecule has 0 saturated carbocycles. The molecule has 1 N–H and O–H groups in total. The fourth-order valence-electron chi connectivity index (χ4n) is 2.11. The summed E-state index contributed by atoms with van der Waals surface area (Å²) < 4.78 is 26.5. The highest BCUT2D eigenvalue weighted by Gasteiger charge is 2.23. The molecule has 0 bridgehead atoms. The molecule has 1 rings (SSSR count). The number of benzene rings is 1. The summed E-state index contributed by atoms with van der Waals surface area (Å²) in [6, 6.07) is 4.71. The van der Waals surface area contributed by atoms with E-state index in [2.05, 4.69) is 5.32 Å². The van der Waals surface area contributed by atoms with Gasteiger partial charge in [0.2, 0.25) is 10.0 Å². The summed E-state index contributed by atoms with van der Waals surface area (Å²) in [7, 11) is -3.55. The molecule has 0 saturated heterocycles. The number of carbonyl (C=O) groups excluding carboxylic acids is 1. The molecule has 0 aliphatic rings. The average molecular weight is 326 g/mol. The summed E-state index contributed by atoms with van der Waals surface area (Å²) in [4.78, 5) is 12.4. The number of carbonyl (C=O) groups is 1. The van der Waals surface area contributed by atoms with E-state index >= 15 is 0 Å². The van der Waals surface area contributed by atoms with Crippen molar-refractivity contribution in [3.05, 3.63) is 29.3 Å². The normalized spacial score (nSPS) is 12.0. The van der Waals surface area contributed by atoms with Crippen LogP contribution in [-0.2, 0) is 10.0 Å². The molecule has 0 heterocycles. The third-order valence-corrected chi connectivity index (χ3v) is 5.51. The van der Waals surface area contributed by atoms with Crippen molar-refractivity contribution in [2.45, 2.75) is 39.5 Å². The number of amides is 1. The van der Waals surface area contributed by atoms with Crippen molar-refractivity contribution >= 4 is 15.9 Å². The van der Waals surface area contributed by atoms with Crippen LogP contribution in [0.15, 0.2) is 23.1 Å². The number of hydrogen-bond donors (Lipinski definition) is 1. The van der Waals surface area contributed by atoms with E-state index in [1.165, 1.54) is 10.4 Å². The Hall–Kier alpha value is -1.40. The van der Waals surface area contributed by atoms with Crippen LogP contribution in [0.25, 0.3) is 0 Å². The first-order valence-electron chi connectivity index (χ1n) is 7.63. The molecule has 124 valence electrons. The van der Waals surface area contributed by atoms with Gasteiger partial charge < -0.3 is 5.32 Å². The third-order valence-electron chi connectivity index (χ3n) is 3.47. The first-order valence-corrected chi connectivity index (χ1v) is 9.07. The molecule has 5 nitrogen and oxygen atoms in total. The Bertz CT molecular complexity index is 620. The quantitative estimate of drug-likeness (QED) is 0.837. The molecule has 1 aromatic rings. The van der Waals surface area contributed by atoms with Gasteiger partial charge in [0.1, 0.15) is 0 Å². The van der Waals surface area contributed by atoms with E-state index in [0.717, 1.165) is 5.56 Å². The minimum absolute atomic E-state index is 0.163. The lowest BCUT2D eigenvalue weighted by Crippen LogP contribution is -2.31. The lowest BCUT2D eigenvalue weighted by molar-refractivity contribution is 0.0948. The Balaban J connectivity index is 3.16. The fraction of sp³-hybridized carbons (Fsp3) is 0.562. The van der Waals surface area contributed by atoms with Gasteiger partial charge in [0.05, 0.1) is 4.90 Å². The van der Waals surface area contributed by atoms with E-state index in [1.54, 1.807) is 32.9 Å². The van der Waals surface area contributed by atoms with Gasteiger partial charge >= 0.3 is 0 Å². The Morgan fingerprint density at radius 3 is 2.32 bits per heavy atom. The Kier molecular flexibility index (Phi) is 6.56.